The summed E-state index contributed by atoms with van der Waals surface area (Å²) in [7, 11) is 0. The van der Waals surface area contributed by atoms with Crippen molar-refractivity contribution >= 4 is 0 Å². The van der Waals surface area contributed by atoms with Gasteiger partial charge in [0.05, 0.1) is 6.10 Å². The van der Waals surface area contributed by atoms with Crippen molar-refractivity contribution in [3.63, 3.8) is 0 Å². The molecule has 0 unspecified atom stereocenters. The molecule has 3 fully saturated rings. The first-order valence-corrected chi connectivity index (χ1v) is 8.99. The number of hydrogen-bond acceptors (Lipinski definition) is 3. The minimum absolute atomic E-state index is 0.000613. The summed E-state index contributed by atoms with van der Waals surface area (Å²) in [4.78, 5) is 0. The lowest BCUT2D eigenvalue weighted by atomic mass is 9.51. The fourth-order valence-electron chi connectivity index (χ4n) is 6.07. The van der Waals surface area contributed by atoms with Crippen LogP contribution in [-0.2, 0) is 0 Å². The van der Waals surface area contributed by atoms with Gasteiger partial charge in [0.15, 0.2) is 0 Å². The van der Waals surface area contributed by atoms with Crippen molar-refractivity contribution in [1.82, 2.24) is 0 Å². The lowest BCUT2D eigenvalue weighted by Crippen LogP contribution is -2.50. The molecular formula is C19H28FNO2. The van der Waals surface area contributed by atoms with Crippen molar-refractivity contribution in [2.45, 2.75) is 70.7 Å². The zero-order valence-electron chi connectivity index (χ0n) is 14.1. The van der Waals surface area contributed by atoms with Crippen molar-refractivity contribution < 1.29 is 14.6 Å². The maximum Gasteiger partial charge on any atom is 0.116 e. The number of hydrogen-bond donors (Lipinski definition) is 3. The average Bonchev–Trinajstić information content (AvgIpc) is 2.73. The number of aliphatic hydroxyl groups excluding tert-OH is 2. The molecule has 4 heteroatoms. The lowest BCUT2D eigenvalue weighted by Gasteiger charge is -2.54. The van der Waals surface area contributed by atoms with Crippen LogP contribution in [0.1, 0.15) is 52.4 Å². The minimum atomic E-state index is -0.976. The van der Waals surface area contributed by atoms with Crippen LogP contribution >= 0.6 is 0 Å². The zero-order chi connectivity index (χ0) is 16.6. The van der Waals surface area contributed by atoms with Crippen LogP contribution in [0.4, 0.5) is 4.39 Å². The second-order valence-electron chi connectivity index (χ2n) is 8.75. The molecule has 0 spiro atoms. The maximum absolute atomic E-state index is 14.4. The third kappa shape index (κ3) is 1.94. The van der Waals surface area contributed by atoms with Gasteiger partial charge in [0.1, 0.15) is 11.9 Å². The van der Waals surface area contributed by atoms with E-state index in [1.807, 2.05) is 6.08 Å². The summed E-state index contributed by atoms with van der Waals surface area (Å²) in [6.45, 7) is 4.37. The molecule has 4 rings (SSSR count). The lowest BCUT2D eigenvalue weighted by molar-refractivity contribution is 0.0486. The molecule has 0 radical (unpaired) electrons. The fraction of sp³-hybridized carbons (Fsp3) is 0.789. The number of allylic oxidation sites excluding steroid dienone is 2. The molecule has 0 saturated heterocycles. The molecule has 0 amide bonds. The highest BCUT2D eigenvalue weighted by molar-refractivity contribution is 5.42. The van der Waals surface area contributed by atoms with E-state index < -0.39 is 12.2 Å². The number of fused-ring (bicyclic) bond motifs is 5. The Hall–Kier alpha value is -0.870. The van der Waals surface area contributed by atoms with E-state index in [4.69, 9.17) is 5.73 Å². The molecule has 4 aliphatic rings. The van der Waals surface area contributed by atoms with E-state index in [-0.39, 0.29) is 28.8 Å². The summed E-state index contributed by atoms with van der Waals surface area (Å²) in [6.07, 6.45) is 5.32. The molecular weight excluding hydrogens is 293 g/mol. The predicted molar refractivity (Wildman–Crippen MR) is 87.5 cm³/mol. The van der Waals surface area contributed by atoms with Gasteiger partial charge in [-0.25, -0.2) is 4.39 Å². The largest absolute Gasteiger partial charge is 0.508 e. The molecule has 7 atom stereocenters. The summed E-state index contributed by atoms with van der Waals surface area (Å²) in [5.41, 5.74) is 8.17. The second kappa shape index (κ2) is 4.82. The van der Waals surface area contributed by atoms with Crippen LogP contribution in [0.15, 0.2) is 23.0 Å². The molecule has 4 N–H and O–H groups in total. The minimum Gasteiger partial charge on any atom is -0.508 e. The Morgan fingerprint density at radius 3 is 2.70 bits per heavy atom. The summed E-state index contributed by atoms with van der Waals surface area (Å²) in [5.74, 6) is 0.645. The smallest absolute Gasteiger partial charge is 0.116 e. The van der Waals surface area contributed by atoms with Gasteiger partial charge in [-0.15, -0.1) is 0 Å². The molecule has 0 aromatic rings. The Balaban J connectivity index is 1.80. The molecule has 4 aliphatic carbocycles. The summed E-state index contributed by atoms with van der Waals surface area (Å²) in [5, 5.41) is 20.7. The van der Waals surface area contributed by atoms with Gasteiger partial charge in [-0.05, 0) is 72.8 Å². The number of alkyl halides is 1. The van der Waals surface area contributed by atoms with E-state index in [1.165, 1.54) is 5.57 Å². The molecule has 0 aromatic carbocycles. The van der Waals surface area contributed by atoms with Gasteiger partial charge >= 0.3 is 0 Å². The first-order chi connectivity index (χ1) is 10.8. The van der Waals surface area contributed by atoms with Gasteiger partial charge in [-0.1, -0.05) is 19.4 Å². The van der Waals surface area contributed by atoms with Gasteiger partial charge in [0.2, 0.25) is 0 Å². The van der Waals surface area contributed by atoms with Crippen molar-refractivity contribution in [3.05, 3.63) is 23.0 Å². The third-order valence-electron chi connectivity index (χ3n) is 7.69. The van der Waals surface area contributed by atoms with E-state index in [0.717, 1.165) is 31.3 Å². The SMILES string of the molecule is C[C@]12CC[C@H]3C(=C(O)C=C4C[C@@H](O)CC[C@@]43C)[C@@H]1C[C@@H](F)[C@H]2N. The van der Waals surface area contributed by atoms with E-state index in [0.29, 0.717) is 18.6 Å². The highest BCUT2D eigenvalue weighted by Gasteiger charge is 2.59. The number of aliphatic hydroxyl groups is 2. The van der Waals surface area contributed by atoms with Gasteiger partial charge in [-0.3, -0.25) is 0 Å². The quantitative estimate of drug-likeness (QED) is 0.641. The molecule has 23 heavy (non-hydrogen) atoms. The summed E-state index contributed by atoms with van der Waals surface area (Å²) >= 11 is 0. The molecule has 0 aliphatic heterocycles. The van der Waals surface area contributed by atoms with Gasteiger partial charge in [0, 0.05) is 6.04 Å². The first-order valence-electron chi connectivity index (χ1n) is 8.99. The van der Waals surface area contributed by atoms with Crippen LogP contribution < -0.4 is 5.73 Å². The van der Waals surface area contributed by atoms with Crippen LogP contribution in [0, 0.1) is 22.7 Å². The van der Waals surface area contributed by atoms with Gasteiger partial charge < -0.3 is 15.9 Å². The Labute approximate surface area is 137 Å². The van der Waals surface area contributed by atoms with E-state index in [9.17, 15) is 14.6 Å². The van der Waals surface area contributed by atoms with Crippen molar-refractivity contribution in [3.8, 4) is 0 Å². The molecule has 0 aromatic heterocycles. The standard InChI is InChI=1S/C19H28FNO2/c1-18-5-3-11(22)7-10(18)8-15(23)16-12(18)4-6-19(2)13(16)9-14(20)17(19)21/h8,11-14,17,22-23H,3-7,9,21H2,1-2H3/t11-,12-,13-,14+,17+,18-,19-/m0/s1. The van der Waals surface area contributed by atoms with Gasteiger partial charge in [-0.2, -0.15) is 0 Å². The monoisotopic (exact) mass is 321 g/mol. The fourth-order valence-corrected chi connectivity index (χ4v) is 6.07. The predicted octanol–water partition coefficient (Wildman–Crippen LogP) is 3.39. The van der Waals surface area contributed by atoms with Crippen LogP contribution in [0.3, 0.4) is 0 Å². The molecule has 3 saturated carbocycles. The second-order valence-corrected chi connectivity index (χ2v) is 8.75. The Kier molecular flexibility index (Phi) is 3.28. The normalized spacial score (nSPS) is 52.6. The van der Waals surface area contributed by atoms with E-state index in [2.05, 4.69) is 13.8 Å². The maximum atomic E-state index is 14.4. The Bertz CT molecular complexity index is 600. The third-order valence-corrected chi connectivity index (χ3v) is 7.69. The van der Waals surface area contributed by atoms with Crippen LogP contribution in [0.2, 0.25) is 0 Å². The van der Waals surface area contributed by atoms with Crippen molar-refractivity contribution in [2.75, 3.05) is 0 Å². The van der Waals surface area contributed by atoms with Crippen molar-refractivity contribution in [1.29, 1.82) is 0 Å². The summed E-state index contributed by atoms with van der Waals surface area (Å²) in [6, 6.07) is -0.430. The highest BCUT2D eigenvalue weighted by Crippen LogP contribution is 2.64. The zero-order valence-corrected chi connectivity index (χ0v) is 14.1. The average molecular weight is 321 g/mol. The molecule has 0 heterocycles. The first kappa shape index (κ1) is 15.6. The Morgan fingerprint density at radius 1 is 1.22 bits per heavy atom. The van der Waals surface area contributed by atoms with E-state index >= 15 is 0 Å². The Morgan fingerprint density at radius 2 is 1.96 bits per heavy atom. The summed E-state index contributed by atoms with van der Waals surface area (Å²) < 4.78 is 14.4. The molecule has 3 nitrogen and oxygen atoms in total. The van der Waals surface area contributed by atoms with Crippen LogP contribution in [0.25, 0.3) is 0 Å². The van der Waals surface area contributed by atoms with Crippen LogP contribution in [0.5, 0.6) is 0 Å². The van der Waals surface area contributed by atoms with Crippen molar-refractivity contribution in [2.24, 2.45) is 28.4 Å². The van der Waals surface area contributed by atoms with E-state index in [1.54, 1.807) is 0 Å². The topological polar surface area (TPSA) is 66.5 Å². The number of nitrogens with two attached hydrogens (primary N) is 1. The number of rotatable bonds is 0. The van der Waals surface area contributed by atoms with Crippen LogP contribution in [-0.4, -0.2) is 28.5 Å². The number of halogens is 1. The van der Waals surface area contributed by atoms with Gasteiger partial charge in [0.25, 0.3) is 0 Å². The molecule has 128 valence electrons. The highest BCUT2D eigenvalue weighted by atomic mass is 19.1. The molecule has 0 bridgehead atoms.